The minimum absolute atomic E-state index is 0.0725. The van der Waals surface area contributed by atoms with Gasteiger partial charge in [0.1, 0.15) is 0 Å². The molecule has 0 heterocycles. The number of rotatable bonds is 4. The van der Waals surface area contributed by atoms with E-state index in [9.17, 15) is 9.59 Å². The summed E-state index contributed by atoms with van der Waals surface area (Å²) < 4.78 is 0. The van der Waals surface area contributed by atoms with Crippen LogP contribution < -0.4 is 0 Å². The summed E-state index contributed by atoms with van der Waals surface area (Å²) in [7, 11) is 1.69. The third-order valence-corrected chi connectivity index (χ3v) is 3.21. The van der Waals surface area contributed by atoms with Gasteiger partial charge in [0.25, 0.3) is 0 Å². The van der Waals surface area contributed by atoms with E-state index in [1.165, 1.54) is 0 Å². The van der Waals surface area contributed by atoms with E-state index in [-0.39, 0.29) is 11.8 Å². The zero-order valence-electron chi connectivity index (χ0n) is 9.85. The normalized spacial score (nSPS) is 28.8. The summed E-state index contributed by atoms with van der Waals surface area (Å²) in [5.74, 6) is -1.49. The van der Waals surface area contributed by atoms with E-state index in [0.717, 1.165) is 0 Å². The van der Waals surface area contributed by atoms with Crippen LogP contribution in [-0.4, -0.2) is 35.5 Å². The monoisotopic (exact) mass is 225 g/mol. The largest absolute Gasteiger partial charge is 0.481 e. The molecule has 90 valence electrons. The Bertz CT molecular complexity index is 301. The maximum Gasteiger partial charge on any atom is 0.307 e. The minimum Gasteiger partial charge on any atom is -0.481 e. The van der Waals surface area contributed by atoms with E-state index in [2.05, 4.69) is 6.58 Å². The van der Waals surface area contributed by atoms with E-state index in [1.807, 2.05) is 6.92 Å². The SMILES string of the molecule is C=CCN(C)C(=O)[C@H]1CC(C)C[C@H]1C(=O)O. The van der Waals surface area contributed by atoms with E-state index >= 15 is 0 Å². The Hall–Kier alpha value is -1.32. The molecule has 0 aromatic rings. The zero-order chi connectivity index (χ0) is 12.3. The van der Waals surface area contributed by atoms with Crippen molar-refractivity contribution < 1.29 is 14.7 Å². The zero-order valence-corrected chi connectivity index (χ0v) is 9.85. The molecule has 1 aliphatic rings. The minimum atomic E-state index is -0.852. The molecule has 1 unspecified atom stereocenters. The lowest BCUT2D eigenvalue weighted by Gasteiger charge is -2.22. The van der Waals surface area contributed by atoms with Crippen molar-refractivity contribution in [3.63, 3.8) is 0 Å². The van der Waals surface area contributed by atoms with Gasteiger partial charge < -0.3 is 10.0 Å². The highest BCUT2D eigenvalue weighted by molar-refractivity contribution is 5.85. The first-order valence-corrected chi connectivity index (χ1v) is 5.56. The second kappa shape index (κ2) is 5.14. The average Bonchev–Trinajstić information content (AvgIpc) is 2.59. The van der Waals surface area contributed by atoms with Crippen molar-refractivity contribution in [3.05, 3.63) is 12.7 Å². The fraction of sp³-hybridized carbons (Fsp3) is 0.667. The van der Waals surface area contributed by atoms with Crippen molar-refractivity contribution in [2.24, 2.45) is 17.8 Å². The second-order valence-corrected chi connectivity index (χ2v) is 4.64. The van der Waals surface area contributed by atoms with Crippen LogP contribution >= 0.6 is 0 Å². The van der Waals surface area contributed by atoms with Crippen LogP contribution in [0.5, 0.6) is 0 Å². The fourth-order valence-corrected chi connectivity index (χ4v) is 2.40. The lowest BCUT2D eigenvalue weighted by molar-refractivity contribution is -0.148. The summed E-state index contributed by atoms with van der Waals surface area (Å²) in [4.78, 5) is 24.6. The number of amides is 1. The van der Waals surface area contributed by atoms with Crippen LogP contribution in [0.3, 0.4) is 0 Å². The number of likely N-dealkylation sites (N-methyl/N-ethyl adjacent to an activating group) is 1. The van der Waals surface area contributed by atoms with Gasteiger partial charge in [-0.15, -0.1) is 6.58 Å². The van der Waals surface area contributed by atoms with Gasteiger partial charge in [-0.3, -0.25) is 9.59 Å². The molecule has 1 rings (SSSR count). The van der Waals surface area contributed by atoms with Crippen LogP contribution in [-0.2, 0) is 9.59 Å². The van der Waals surface area contributed by atoms with Crippen LogP contribution in [0.2, 0.25) is 0 Å². The van der Waals surface area contributed by atoms with Gasteiger partial charge >= 0.3 is 5.97 Å². The molecule has 1 amide bonds. The average molecular weight is 225 g/mol. The van der Waals surface area contributed by atoms with Gasteiger partial charge in [0, 0.05) is 13.6 Å². The molecule has 1 saturated carbocycles. The standard InChI is InChI=1S/C12H19NO3/c1-4-5-13(3)11(14)9-6-8(2)7-10(9)12(15)16/h4,8-10H,1,5-7H2,2-3H3,(H,15,16)/t8?,9-,10+/m0/s1. The number of hydrogen-bond donors (Lipinski definition) is 1. The summed E-state index contributed by atoms with van der Waals surface area (Å²) in [5.41, 5.74) is 0. The molecule has 1 aliphatic carbocycles. The Morgan fingerprint density at radius 1 is 1.44 bits per heavy atom. The highest BCUT2D eigenvalue weighted by atomic mass is 16.4. The molecule has 0 aliphatic heterocycles. The van der Waals surface area contributed by atoms with E-state index in [0.29, 0.717) is 25.3 Å². The third-order valence-electron chi connectivity index (χ3n) is 3.21. The first-order chi connectivity index (χ1) is 7.47. The number of hydrogen-bond acceptors (Lipinski definition) is 2. The molecule has 0 bridgehead atoms. The molecule has 0 saturated heterocycles. The maximum absolute atomic E-state index is 12.0. The predicted octanol–water partition coefficient (Wildman–Crippen LogP) is 1.38. The van der Waals surface area contributed by atoms with Crippen molar-refractivity contribution >= 4 is 11.9 Å². The number of carbonyl (C=O) groups is 2. The first-order valence-electron chi connectivity index (χ1n) is 5.56. The molecule has 0 spiro atoms. The third kappa shape index (κ3) is 2.62. The summed E-state index contributed by atoms with van der Waals surface area (Å²) in [5, 5.41) is 9.07. The van der Waals surface area contributed by atoms with E-state index in [4.69, 9.17) is 5.11 Å². The van der Waals surface area contributed by atoms with Crippen LogP contribution in [0.4, 0.5) is 0 Å². The second-order valence-electron chi connectivity index (χ2n) is 4.64. The lowest BCUT2D eigenvalue weighted by Crippen LogP contribution is -2.36. The fourth-order valence-electron chi connectivity index (χ4n) is 2.40. The number of carboxylic acids is 1. The molecule has 1 N–H and O–H groups in total. The summed E-state index contributed by atoms with van der Waals surface area (Å²) in [6.45, 7) is 6.03. The molecule has 3 atom stereocenters. The van der Waals surface area contributed by atoms with E-state index in [1.54, 1.807) is 18.0 Å². The highest BCUT2D eigenvalue weighted by Crippen LogP contribution is 2.37. The number of nitrogens with zero attached hydrogens (tertiary/aromatic N) is 1. The topological polar surface area (TPSA) is 57.6 Å². The maximum atomic E-state index is 12.0. The smallest absolute Gasteiger partial charge is 0.307 e. The molecule has 0 aromatic carbocycles. The van der Waals surface area contributed by atoms with Gasteiger partial charge in [-0.25, -0.2) is 0 Å². The van der Waals surface area contributed by atoms with Crippen LogP contribution in [0.1, 0.15) is 19.8 Å². The molecular formula is C12H19NO3. The molecule has 1 fully saturated rings. The molecule has 16 heavy (non-hydrogen) atoms. The van der Waals surface area contributed by atoms with Gasteiger partial charge in [0.2, 0.25) is 5.91 Å². The van der Waals surface area contributed by atoms with Crippen molar-refractivity contribution in [2.75, 3.05) is 13.6 Å². The van der Waals surface area contributed by atoms with Gasteiger partial charge in [0.05, 0.1) is 11.8 Å². The Morgan fingerprint density at radius 3 is 2.50 bits per heavy atom. The van der Waals surface area contributed by atoms with Crippen LogP contribution in [0.25, 0.3) is 0 Å². The van der Waals surface area contributed by atoms with Crippen LogP contribution in [0.15, 0.2) is 12.7 Å². The number of aliphatic carboxylic acids is 1. The van der Waals surface area contributed by atoms with E-state index < -0.39 is 11.9 Å². The predicted molar refractivity (Wildman–Crippen MR) is 60.8 cm³/mol. The number of carbonyl (C=O) groups excluding carboxylic acids is 1. The lowest BCUT2D eigenvalue weighted by atomic mass is 9.95. The molecule has 0 aromatic heterocycles. The highest BCUT2D eigenvalue weighted by Gasteiger charge is 2.41. The Labute approximate surface area is 95.9 Å². The Balaban J connectivity index is 2.73. The Morgan fingerprint density at radius 2 is 2.00 bits per heavy atom. The number of carboxylic acid groups (broad SMARTS) is 1. The van der Waals surface area contributed by atoms with Crippen molar-refractivity contribution in [1.82, 2.24) is 4.90 Å². The van der Waals surface area contributed by atoms with Crippen molar-refractivity contribution in [3.8, 4) is 0 Å². The first kappa shape index (κ1) is 12.7. The quantitative estimate of drug-likeness (QED) is 0.735. The summed E-state index contributed by atoms with van der Waals surface area (Å²) in [6, 6.07) is 0. The van der Waals surface area contributed by atoms with Gasteiger partial charge in [-0.1, -0.05) is 13.0 Å². The van der Waals surface area contributed by atoms with Gasteiger partial charge in [-0.05, 0) is 18.8 Å². The van der Waals surface area contributed by atoms with Crippen molar-refractivity contribution in [1.29, 1.82) is 0 Å². The molecule has 4 nitrogen and oxygen atoms in total. The van der Waals surface area contributed by atoms with Crippen molar-refractivity contribution in [2.45, 2.75) is 19.8 Å². The summed E-state index contributed by atoms with van der Waals surface area (Å²) >= 11 is 0. The molecule has 0 radical (unpaired) electrons. The van der Waals surface area contributed by atoms with Gasteiger partial charge in [0.15, 0.2) is 0 Å². The van der Waals surface area contributed by atoms with Gasteiger partial charge in [-0.2, -0.15) is 0 Å². The Kier molecular flexibility index (Phi) is 4.10. The molecular weight excluding hydrogens is 206 g/mol. The van der Waals surface area contributed by atoms with Crippen LogP contribution in [0, 0.1) is 17.8 Å². The molecule has 4 heteroatoms. The summed E-state index contributed by atoms with van der Waals surface area (Å²) in [6.07, 6.45) is 2.93.